The first-order valence-electron chi connectivity index (χ1n) is 4.04. The Morgan fingerprint density at radius 1 is 1.45 bits per heavy atom. The summed E-state index contributed by atoms with van der Waals surface area (Å²) in [6.45, 7) is 6.31. The van der Waals surface area contributed by atoms with Gasteiger partial charge in [-0.2, -0.15) is 0 Å². The van der Waals surface area contributed by atoms with Crippen LogP contribution >= 0.6 is 0 Å². The Balaban J connectivity index is 3.81. The van der Waals surface area contributed by atoms with Gasteiger partial charge in [0.1, 0.15) is 0 Å². The molecular weight excluding hydrogens is 134 g/mol. The number of allylic oxidation sites excluding steroid dienone is 4. The van der Waals surface area contributed by atoms with Crippen LogP contribution in [0.1, 0.15) is 27.2 Å². The fraction of sp³-hybridized carbons (Fsp3) is 0.500. The van der Waals surface area contributed by atoms with Gasteiger partial charge in [-0.1, -0.05) is 32.1 Å². The highest BCUT2D eigenvalue weighted by Crippen LogP contribution is 2.01. The molecule has 0 spiro atoms. The summed E-state index contributed by atoms with van der Waals surface area (Å²) < 4.78 is 0. The average Bonchev–Trinajstić information content (AvgIpc) is 1.98. The Bertz CT molecular complexity index is 164. The molecule has 0 atom stereocenters. The lowest BCUT2D eigenvalue weighted by atomic mass is 10.1. The van der Waals surface area contributed by atoms with Gasteiger partial charge in [0.2, 0.25) is 0 Å². The molecule has 0 radical (unpaired) electrons. The molecule has 0 aliphatic rings. The highest BCUT2D eigenvalue weighted by atomic mass is 14.3. The number of nitrogens with one attached hydrogen (secondary N) is 1. The molecule has 0 heterocycles. The van der Waals surface area contributed by atoms with Crippen LogP contribution in [0.3, 0.4) is 0 Å². The van der Waals surface area contributed by atoms with Crippen molar-refractivity contribution in [2.45, 2.75) is 27.2 Å². The maximum Gasteiger partial charge on any atom is 0.0246 e. The van der Waals surface area contributed by atoms with Crippen molar-refractivity contribution < 1.29 is 0 Å². The van der Waals surface area contributed by atoms with Gasteiger partial charge in [0.05, 0.1) is 0 Å². The summed E-state index contributed by atoms with van der Waals surface area (Å²) in [6.07, 6.45) is 8.50. The van der Waals surface area contributed by atoms with Gasteiger partial charge < -0.3 is 5.41 Å². The molecule has 0 rings (SSSR count). The summed E-state index contributed by atoms with van der Waals surface area (Å²) in [7, 11) is 0. The molecule has 62 valence electrons. The minimum absolute atomic E-state index is 0.704. The molecule has 0 fully saturated rings. The second kappa shape index (κ2) is 5.90. The summed E-state index contributed by atoms with van der Waals surface area (Å²) in [5.74, 6) is 0.704. The van der Waals surface area contributed by atoms with Crippen LogP contribution in [0.4, 0.5) is 0 Å². The van der Waals surface area contributed by atoms with Crippen LogP contribution in [0.15, 0.2) is 23.8 Å². The van der Waals surface area contributed by atoms with E-state index in [1.807, 2.05) is 19.1 Å². The van der Waals surface area contributed by atoms with Crippen molar-refractivity contribution in [3.8, 4) is 0 Å². The molecule has 0 aliphatic carbocycles. The molecule has 11 heavy (non-hydrogen) atoms. The van der Waals surface area contributed by atoms with E-state index in [4.69, 9.17) is 5.41 Å². The van der Waals surface area contributed by atoms with E-state index in [-0.39, 0.29) is 0 Å². The SMILES string of the molecule is C/C=C(C=N)/C=C/CC(C)C. The number of hydrogen-bond donors (Lipinski definition) is 1. The van der Waals surface area contributed by atoms with Crippen LogP contribution in [-0.2, 0) is 0 Å². The number of rotatable bonds is 4. The Kier molecular flexibility index (Phi) is 5.44. The monoisotopic (exact) mass is 151 g/mol. The van der Waals surface area contributed by atoms with Crippen LogP contribution in [0.25, 0.3) is 0 Å². The van der Waals surface area contributed by atoms with Crippen LogP contribution in [0, 0.1) is 11.3 Å². The maximum atomic E-state index is 7.00. The van der Waals surface area contributed by atoms with Gasteiger partial charge >= 0.3 is 0 Å². The molecule has 1 N–H and O–H groups in total. The molecule has 0 aromatic rings. The lowest BCUT2D eigenvalue weighted by Gasteiger charge is -1.96. The van der Waals surface area contributed by atoms with Gasteiger partial charge in [0.25, 0.3) is 0 Å². The minimum atomic E-state index is 0.704. The summed E-state index contributed by atoms with van der Waals surface area (Å²) in [5.41, 5.74) is 0.977. The molecule has 0 aromatic heterocycles. The Hall–Kier alpha value is -0.850. The van der Waals surface area contributed by atoms with Crippen LogP contribution < -0.4 is 0 Å². The predicted octanol–water partition coefficient (Wildman–Crippen LogP) is 3.18. The van der Waals surface area contributed by atoms with Crippen LogP contribution in [-0.4, -0.2) is 6.21 Å². The third-order valence-corrected chi connectivity index (χ3v) is 1.42. The van der Waals surface area contributed by atoms with Crippen molar-refractivity contribution in [1.29, 1.82) is 5.41 Å². The average molecular weight is 151 g/mol. The predicted molar refractivity (Wildman–Crippen MR) is 51.1 cm³/mol. The fourth-order valence-corrected chi connectivity index (χ4v) is 0.704. The summed E-state index contributed by atoms with van der Waals surface area (Å²) in [5, 5.41) is 7.00. The van der Waals surface area contributed by atoms with E-state index in [1.54, 1.807) is 0 Å². The zero-order valence-corrected chi connectivity index (χ0v) is 7.59. The Labute approximate surface area is 69.3 Å². The van der Waals surface area contributed by atoms with Crippen molar-refractivity contribution in [3.05, 3.63) is 23.8 Å². The van der Waals surface area contributed by atoms with Crippen LogP contribution in [0.2, 0.25) is 0 Å². The summed E-state index contributed by atoms with van der Waals surface area (Å²) >= 11 is 0. The van der Waals surface area contributed by atoms with Gasteiger partial charge in [-0.25, -0.2) is 0 Å². The van der Waals surface area contributed by atoms with E-state index in [2.05, 4.69) is 19.9 Å². The fourth-order valence-electron chi connectivity index (χ4n) is 0.704. The molecule has 0 saturated carbocycles. The van der Waals surface area contributed by atoms with Gasteiger partial charge in [0, 0.05) is 6.21 Å². The second-order valence-corrected chi connectivity index (χ2v) is 2.96. The third kappa shape index (κ3) is 5.59. The normalized spacial score (nSPS) is 12.9. The third-order valence-electron chi connectivity index (χ3n) is 1.42. The lowest BCUT2D eigenvalue weighted by Crippen LogP contribution is -1.82. The zero-order valence-electron chi connectivity index (χ0n) is 7.59. The first-order chi connectivity index (χ1) is 5.20. The lowest BCUT2D eigenvalue weighted by molar-refractivity contribution is 0.664. The molecule has 0 saturated heterocycles. The van der Waals surface area contributed by atoms with Crippen molar-refractivity contribution in [2.24, 2.45) is 5.92 Å². The van der Waals surface area contributed by atoms with Gasteiger partial charge in [-0.15, -0.1) is 0 Å². The van der Waals surface area contributed by atoms with Gasteiger partial charge in [-0.05, 0) is 24.8 Å². The van der Waals surface area contributed by atoms with Crippen molar-refractivity contribution in [2.75, 3.05) is 0 Å². The van der Waals surface area contributed by atoms with Gasteiger partial charge in [0.15, 0.2) is 0 Å². The molecule has 0 bridgehead atoms. The van der Waals surface area contributed by atoms with Crippen molar-refractivity contribution >= 4 is 6.21 Å². The van der Waals surface area contributed by atoms with E-state index in [0.717, 1.165) is 12.0 Å². The van der Waals surface area contributed by atoms with Crippen molar-refractivity contribution in [3.63, 3.8) is 0 Å². The van der Waals surface area contributed by atoms with Gasteiger partial charge in [-0.3, -0.25) is 0 Å². The second-order valence-electron chi connectivity index (χ2n) is 2.96. The molecular formula is C10H17N. The first kappa shape index (κ1) is 10.2. The number of hydrogen-bond acceptors (Lipinski definition) is 1. The van der Waals surface area contributed by atoms with E-state index in [0.29, 0.717) is 5.92 Å². The topological polar surface area (TPSA) is 23.9 Å². The summed E-state index contributed by atoms with van der Waals surface area (Å²) in [6, 6.07) is 0. The minimum Gasteiger partial charge on any atom is -0.308 e. The largest absolute Gasteiger partial charge is 0.308 e. The maximum absolute atomic E-state index is 7.00. The molecule has 0 amide bonds. The van der Waals surface area contributed by atoms with E-state index < -0.39 is 0 Å². The van der Waals surface area contributed by atoms with Crippen molar-refractivity contribution in [1.82, 2.24) is 0 Å². The molecule has 1 nitrogen and oxygen atoms in total. The smallest absolute Gasteiger partial charge is 0.0246 e. The molecule has 1 heteroatoms. The Morgan fingerprint density at radius 2 is 2.09 bits per heavy atom. The zero-order chi connectivity index (χ0) is 8.69. The Morgan fingerprint density at radius 3 is 2.45 bits per heavy atom. The molecule has 0 aliphatic heterocycles. The summed E-state index contributed by atoms with van der Waals surface area (Å²) in [4.78, 5) is 0. The van der Waals surface area contributed by atoms with E-state index in [1.165, 1.54) is 6.21 Å². The standard InChI is InChI=1S/C10H17N/c1-4-10(8-11)7-5-6-9(2)3/h4-5,7-9,11H,6H2,1-3H3/b7-5+,10-4-,11-8?. The highest BCUT2D eigenvalue weighted by molar-refractivity contribution is 5.79. The molecule has 0 aromatic carbocycles. The van der Waals surface area contributed by atoms with E-state index >= 15 is 0 Å². The quantitative estimate of drug-likeness (QED) is 0.471. The van der Waals surface area contributed by atoms with E-state index in [9.17, 15) is 0 Å². The first-order valence-corrected chi connectivity index (χ1v) is 4.04. The highest BCUT2D eigenvalue weighted by Gasteiger charge is 1.87. The van der Waals surface area contributed by atoms with Crippen LogP contribution in [0.5, 0.6) is 0 Å². The molecule has 0 unspecified atom stereocenters.